The molecule has 0 aromatic heterocycles. The van der Waals surface area contributed by atoms with Crippen LogP contribution in [0.1, 0.15) is 10.4 Å². The summed E-state index contributed by atoms with van der Waals surface area (Å²) in [6, 6.07) is 12.0. The second kappa shape index (κ2) is 8.98. The Labute approximate surface area is 150 Å². The number of rotatable bonds is 7. The van der Waals surface area contributed by atoms with E-state index in [0.29, 0.717) is 22.7 Å². The Hall–Kier alpha value is -2.67. The van der Waals surface area contributed by atoms with Crippen LogP contribution in [-0.2, 0) is 9.53 Å². The molecule has 2 rings (SSSR count). The van der Waals surface area contributed by atoms with Crippen LogP contribution in [0.25, 0.3) is 0 Å². The van der Waals surface area contributed by atoms with E-state index in [4.69, 9.17) is 14.2 Å². The first-order chi connectivity index (χ1) is 12.1. The summed E-state index contributed by atoms with van der Waals surface area (Å²) in [5.74, 6) is 0.0242. The van der Waals surface area contributed by atoms with E-state index in [9.17, 15) is 9.59 Å². The minimum Gasteiger partial charge on any atom is -0.497 e. The van der Waals surface area contributed by atoms with Crippen LogP contribution in [0.4, 0.5) is 5.69 Å². The van der Waals surface area contributed by atoms with Crippen LogP contribution in [0.2, 0.25) is 0 Å². The van der Waals surface area contributed by atoms with Crippen LogP contribution >= 0.6 is 11.8 Å². The zero-order valence-electron chi connectivity index (χ0n) is 14.2. The number of carbonyl (C=O) groups is 2. The number of benzene rings is 2. The fourth-order valence-electron chi connectivity index (χ4n) is 2.04. The summed E-state index contributed by atoms with van der Waals surface area (Å²) in [6.45, 7) is -0.399. The topological polar surface area (TPSA) is 73.9 Å². The zero-order chi connectivity index (χ0) is 18.2. The first-order valence-corrected chi connectivity index (χ1v) is 8.63. The van der Waals surface area contributed by atoms with Gasteiger partial charge in [0, 0.05) is 11.0 Å². The number of hydrogen-bond donors (Lipinski definition) is 1. The van der Waals surface area contributed by atoms with E-state index in [0.717, 1.165) is 4.90 Å². The van der Waals surface area contributed by atoms with Crippen molar-refractivity contribution in [1.29, 1.82) is 0 Å². The monoisotopic (exact) mass is 361 g/mol. The van der Waals surface area contributed by atoms with Gasteiger partial charge in [-0.05, 0) is 42.7 Å². The zero-order valence-corrected chi connectivity index (χ0v) is 15.0. The number of anilines is 1. The van der Waals surface area contributed by atoms with Crippen LogP contribution in [0.5, 0.6) is 11.5 Å². The molecule has 0 bridgehead atoms. The molecule has 2 aromatic rings. The van der Waals surface area contributed by atoms with Gasteiger partial charge in [0.25, 0.3) is 5.91 Å². The highest BCUT2D eigenvalue weighted by atomic mass is 32.2. The molecule has 0 aliphatic heterocycles. The lowest BCUT2D eigenvalue weighted by Gasteiger charge is -2.12. The lowest BCUT2D eigenvalue weighted by atomic mass is 10.2. The molecule has 0 unspecified atom stereocenters. The van der Waals surface area contributed by atoms with Crippen molar-refractivity contribution in [1.82, 2.24) is 0 Å². The lowest BCUT2D eigenvalue weighted by Crippen LogP contribution is -2.21. The van der Waals surface area contributed by atoms with Gasteiger partial charge in [-0.15, -0.1) is 11.8 Å². The molecule has 7 heteroatoms. The SMILES string of the molecule is COc1ccc(OC)c(NC(=O)COC(=O)c2ccc(SC)cc2)c1. The highest BCUT2D eigenvalue weighted by Crippen LogP contribution is 2.28. The predicted octanol–water partition coefficient (Wildman–Crippen LogP) is 3.22. The van der Waals surface area contributed by atoms with E-state index in [1.165, 1.54) is 14.2 Å². The molecule has 0 aliphatic carbocycles. The third-order valence-electron chi connectivity index (χ3n) is 3.34. The van der Waals surface area contributed by atoms with Gasteiger partial charge in [0.2, 0.25) is 0 Å². The van der Waals surface area contributed by atoms with Crippen molar-refractivity contribution in [3.8, 4) is 11.5 Å². The number of nitrogens with one attached hydrogen (secondary N) is 1. The summed E-state index contributed by atoms with van der Waals surface area (Å²) in [4.78, 5) is 25.0. The van der Waals surface area contributed by atoms with Crippen molar-refractivity contribution in [3.63, 3.8) is 0 Å². The summed E-state index contributed by atoms with van der Waals surface area (Å²) in [7, 11) is 3.02. The van der Waals surface area contributed by atoms with Gasteiger partial charge < -0.3 is 19.5 Å². The van der Waals surface area contributed by atoms with Crippen LogP contribution in [0.3, 0.4) is 0 Å². The molecule has 6 nitrogen and oxygen atoms in total. The Balaban J connectivity index is 1.95. The molecule has 1 amide bonds. The van der Waals surface area contributed by atoms with Gasteiger partial charge in [0.15, 0.2) is 6.61 Å². The average Bonchev–Trinajstić information content (AvgIpc) is 2.66. The van der Waals surface area contributed by atoms with Gasteiger partial charge in [-0.3, -0.25) is 4.79 Å². The Bertz CT molecular complexity index is 746. The normalized spacial score (nSPS) is 10.0. The number of esters is 1. The molecule has 2 aromatic carbocycles. The first kappa shape index (κ1) is 18.7. The molecular formula is C18H19NO5S. The Morgan fingerprint density at radius 2 is 1.76 bits per heavy atom. The molecule has 25 heavy (non-hydrogen) atoms. The number of methoxy groups -OCH3 is 2. The molecule has 1 N–H and O–H groups in total. The standard InChI is InChI=1S/C18H19NO5S/c1-22-13-6-9-16(23-2)15(10-13)19-17(20)11-24-18(21)12-4-7-14(25-3)8-5-12/h4-10H,11H2,1-3H3,(H,19,20). The summed E-state index contributed by atoms with van der Waals surface area (Å²) in [5, 5.41) is 2.64. The van der Waals surface area contributed by atoms with Crippen LogP contribution in [0.15, 0.2) is 47.4 Å². The predicted molar refractivity (Wildman–Crippen MR) is 96.7 cm³/mol. The fourth-order valence-corrected chi connectivity index (χ4v) is 2.45. The molecule has 0 saturated carbocycles. The Morgan fingerprint density at radius 1 is 1.04 bits per heavy atom. The van der Waals surface area contributed by atoms with Crippen LogP contribution in [0, 0.1) is 0 Å². The number of amides is 1. The van der Waals surface area contributed by atoms with E-state index in [-0.39, 0.29) is 0 Å². The van der Waals surface area contributed by atoms with Crippen molar-refractivity contribution < 1.29 is 23.8 Å². The highest BCUT2D eigenvalue weighted by molar-refractivity contribution is 7.98. The molecule has 0 atom stereocenters. The highest BCUT2D eigenvalue weighted by Gasteiger charge is 2.13. The van der Waals surface area contributed by atoms with Crippen molar-refractivity contribution in [2.75, 3.05) is 32.4 Å². The van der Waals surface area contributed by atoms with E-state index in [2.05, 4.69) is 5.32 Å². The maximum atomic E-state index is 12.0. The number of thioether (sulfide) groups is 1. The van der Waals surface area contributed by atoms with E-state index >= 15 is 0 Å². The molecule has 0 spiro atoms. The summed E-state index contributed by atoms with van der Waals surface area (Å²) >= 11 is 1.58. The van der Waals surface area contributed by atoms with E-state index in [1.54, 1.807) is 42.1 Å². The van der Waals surface area contributed by atoms with E-state index < -0.39 is 18.5 Å². The molecule has 0 saturated heterocycles. The second-order valence-electron chi connectivity index (χ2n) is 4.92. The van der Waals surface area contributed by atoms with Crippen LogP contribution < -0.4 is 14.8 Å². The molecule has 0 aliphatic rings. The van der Waals surface area contributed by atoms with Gasteiger partial charge in [-0.1, -0.05) is 0 Å². The van der Waals surface area contributed by atoms with Crippen molar-refractivity contribution in [2.24, 2.45) is 0 Å². The third kappa shape index (κ3) is 5.15. The molecule has 0 radical (unpaired) electrons. The summed E-state index contributed by atoms with van der Waals surface area (Å²) in [6.07, 6.45) is 1.95. The first-order valence-electron chi connectivity index (χ1n) is 7.40. The fraction of sp³-hybridized carbons (Fsp3) is 0.222. The quantitative estimate of drug-likeness (QED) is 0.603. The minimum absolute atomic E-state index is 0.393. The largest absolute Gasteiger partial charge is 0.497 e. The third-order valence-corrected chi connectivity index (χ3v) is 4.08. The lowest BCUT2D eigenvalue weighted by molar-refractivity contribution is -0.119. The maximum absolute atomic E-state index is 12.0. The minimum atomic E-state index is -0.555. The maximum Gasteiger partial charge on any atom is 0.338 e. The molecule has 0 heterocycles. The Kier molecular flexibility index (Phi) is 6.71. The molecular weight excluding hydrogens is 342 g/mol. The van der Waals surface area contributed by atoms with Gasteiger partial charge >= 0.3 is 5.97 Å². The summed E-state index contributed by atoms with van der Waals surface area (Å²) in [5.41, 5.74) is 0.830. The smallest absolute Gasteiger partial charge is 0.338 e. The van der Waals surface area contributed by atoms with Crippen molar-refractivity contribution >= 4 is 29.3 Å². The number of ether oxygens (including phenoxy) is 3. The molecule has 0 fully saturated rings. The van der Waals surface area contributed by atoms with Gasteiger partial charge in [0.05, 0.1) is 25.5 Å². The molecule has 132 valence electrons. The van der Waals surface area contributed by atoms with Gasteiger partial charge in [0.1, 0.15) is 11.5 Å². The van der Waals surface area contributed by atoms with Gasteiger partial charge in [-0.2, -0.15) is 0 Å². The van der Waals surface area contributed by atoms with Crippen molar-refractivity contribution in [3.05, 3.63) is 48.0 Å². The number of carbonyl (C=O) groups excluding carboxylic acids is 2. The number of hydrogen-bond acceptors (Lipinski definition) is 6. The van der Waals surface area contributed by atoms with Crippen molar-refractivity contribution in [2.45, 2.75) is 4.90 Å². The van der Waals surface area contributed by atoms with Crippen LogP contribution in [-0.4, -0.2) is 39.0 Å². The van der Waals surface area contributed by atoms with E-state index in [1.807, 2.05) is 18.4 Å². The summed E-state index contributed by atoms with van der Waals surface area (Å²) < 4.78 is 15.3. The average molecular weight is 361 g/mol. The second-order valence-corrected chi connectivity index (χ2v) is 5.80. The Morgan fingerprint density at radius 3 is 2.36 bits per heavy atom. The van der Waals surface area contributed by atoms with Gasteiger partial charge in [-0.25, -0.2) is 4.79 Å².